The summed E-state index contributed by atoms with van der Waals surface area (Å²) in [6.07, 6.45) is 5.40. The first kappa shape index (κ1) is 14.8. The summed E-state index contributed by atoms with van der Waals surface area (Å²) in [6.45, 7) is 1.43. The zero-order valence-corrected chi connectivity index (χ0v) is 13.6. The molecule has 0 unspecified atom stereocenters. The van der Waals surface area contributed by atoms with Crippen molar-refractivity contribution in [3.63, 3.8) is 0 Å². The van der Waals surface area contributed by atoms with Crippen LogP contribution in [0.25, 0.3) is 11.6 Å². The van der Waals surface area contributed by atoms with Crippen LogP contribution in [0.3, 0.4) is 0 Å². The first-order chi connectivity index (χ1) is 10.6. The van der Waals surface area contributed by atoms with Gasteiger partial charge in [-0.25, -0.2) is 4.98 Å². The van der Waals surface area contributed by atoms with Gasteiger partial charge in [-0.1, -0.05) is 0 Å². The van der Waals surface area contributed by atoms with Crippen molar-refractivity contribution in [1.29, 1.82) is 0 Å². The molecule has 2 aromatic rings. The lowest BCUT2D eigenvalue weighted by Gasteiger charge is -2.03. The van der Waals surface area contributed by atoms with Crippen LogP contribution in [-0.2, 0) is 9.59 Å². The summed E-state index contributed by atoms with van der Waals surface area (Å²) in [5, 5.41) is 5.42. The minimum atomic E-state index is -0.179. The lowest BCUT2D eigenvalue weighted by molar-refractivity contribution is -0.114. The summed E-state index contributed by atoms with van der Waals surface area (Å²) in [4.78, 5) is 28.5. The number of carbonyl (C=O) groups is 2. The molecule has 0 bridgehead atoms. The molecular formula is C15H13N3O2S2. The third-order valence-corrected chi connectivity index (χ3v) is 5.18. The van der Waals surface area contributed by atoms with Crippen LogP contribution in [0, 0.1) is 0 Å². The number of hydrogen-bond donors (Lipinski definition) is 2. The maximum atomic E-state index is 12.1. The Morgan fingerprint density at radius 3 is 2.95 bits per heavy atom. The Hall–Kier alpha value is -2.12. The monoisotopic (exact) mass is 331 g/mol. The molecule has 0 saturated carbocycles. The molecule has 2 amide bonds. The first-order valence-electron chi connectivity index (χ1n) is 6.51. The Morgan fingerprint density at radius 2 is 2.27 bits per heavy atom. The molecule has 1 aliphatic heterocycles. The number of amides is 2. The SMILES string of the molecule is CSc1ccc(C=C2C(=O)Nc3ncc(NC(C)=O)cc32)s1. The molecule has 2 aromatic heterocycles. The highest BCUT2D eigenvalue weighted by atomic mass is 32.2. The van der Waals surface area contributed by atoms with Gasteiger partial charge in [-0.3, -0.25) is 9.59 Å². The maximum Gasteiger partial charge on any atom is 0.257 e. The van der Waals surface area contributed by atoms with E-state index in [1.807, 2.05) is 24.5 Å². The topological polar surface area (TPSA) is 71.1 Å². The predicted molar refractivity (Wildman–Crippen MR) is 91.1 cm³/mol. The standard InChI is InChI=1S/C15H13N3O2S2/c1-8(19)17-9-5-11-12(15(20)18-14(11)16-7-9)6-10-3-4-13(21-2)22-10/h3-7H,1-2H3,(H,17,19)(H,16,18,20). The largest absolute Gasteiger partial charge is 0.325 e. The molecule has 0 radical (unpaired) electrons. The van der Waals surface area contributed by atoms with Gasteiger partial charge in [0.15, 0.2) is 0 Å². The Labute approximate surface area is 135 Å². The smallest absolute Gasteiger partial charge is 0.257 e. The number of pyridine rings is 1. The van der Waals surface area contributed by atoms with E-state index < -0.39 is 0 Å². The number of thioether (sulfide) groups is 1. The van der Waals surface area contributed by atoms with Gasteiger partial charge in [-0.05, 0) is 30.5 Å². The van der Waals surface area contributed by atoms with Crippen molar-refractivity contribution in [3.05, 3.63) is 34.8 Å². The number of carbonyl (C=O) groups excluding carboxylic acids is 2. The van der Waals surface area contributed by atoms with Gasteiger partial charge in [0.2, 0.25) is 5.91 Å². The molecule has 112 valence electrons. The van der Waals surface area contributed by atoms with Crippen LogP contribution in [0.2, 0.25) is 0 Å². The van der Waals surface area contributed by atoms with Gasteiger partial charge in [0.1, 0.15) is 5.82 Å². The van der Waals surface area contributed by atoms with Crippen molar-refractivity contribution in [1.82, 2.24) is 4.98 Å². The van der Waals surface area contributed by atoms with Crippen LogP contribution in [0.4, 0.5) is 11.5 Å². The molecule has 0 aromatic carbocycles. The van der Waals surface area contributed by atoms with Crippen LogP contribution < -0.4 is 10.6 Å². The van der Waals surface area contributed by atoms with E-state index >= 15 is 0 Å². The van der Waals surface area contributed by atoms with Crippen LogP contribution in [-0.4, -0.2) is 23.1 Å². The summed E-state index contributed by atoms with van der Waals surface area (Å²) < 4.78 is 1.19. The van der Waals surface area contributed by atoms with Crippen molar-refractivity contribution in [2.24, 2.45) is 0 Å². The fourth-order valence-electron chi connectivity index (χ4n) is 2.15. The van der Waals surface area contributed by atoms with Crippen molar-refractivity contribution >= 4 is 58.1 Å². The molecule has 7 heteroatoms. The molecule has 2 N–H and O–H groups in total. The molecule has 0 atom stereocenters. The van der Waals surface area contributed by atoms with Crippen LogP contribution in [0.1, 0.15) is 17.4 Å². The van der Waals surface area contributed by atoms with Gasteiger partial charge in [0.25, 0.3) is 5.91 Å². The zero-order valence-electron chi connectivity index (χ0n) is 12.0. The van der Waals surface area contributed by atoms with Gasteiger partial charge >= 0.3 is 0 Å². The van der Waals surface area contributed by atoms with E-state index in [2.05, 4.69) is 15.6 Å². The van der Waals surface area contributed by atoms with Crippen molar-refractivity contribution in [2.75, 3.05) is 16.9 Å². The highest BCUT2D eigenvalue weighted by Gasteiger charge is 2.26. The van der Waals surface area contributed by atoms with E-state index in [-0.39, 0.29) is 11.8 Å². The molecule has 0 saturated heterocycles. The summed E-state index contributed by atoms with van der Waals surface area (Å²) in [5.41, 5.74) is 1.84. The lowest BCUT2D eigenvalue weighted by Crippen LogP contribution is -2.06. The van der Waals surface area contributed by atoms with Gasteiger partial charge in [-0.2, -0.15) is 0 Å². The van der Waals surface area contributed by atoms with Gasteiger partial charge in [0, 0.05) is 17.4 Å². The molecular weight excluding hydrogens is 318 g/mol. The zero-order chi connectivity index (χ0) is 15.7. The second-order valence-electron chi connectivity index (χ2n) is 4.67. The first-order valence-corrected chi connectivity index (χ1v) is 8.56. The Balaban J connectivity index is 2.00. The number of nitrogens with zero attached hydrogens (tertiary/aromatic N) is 1. The maximum absolute atomic E-state index is 12.1. The lowest BCUT2D eigenvalue weighted by atomic mass is 10.1. The van der Waals surface area contributed by atoms with E-state index in [4.69, 9.17) is 0 Å². The molecule has 0 spiro atoms. The average Bonchev–Trinajstić information content (AvgIpc) is 3.04. The van der Waals surface area contributed by atoms with Crippen LogP contribution >= 0.6 is 23.1 Å². The number of aromatic nitrogens is 1. The van der Waals surface area contributed by atoms with Crippen molar-refractivity contribution < 1.29 is 9.59 Å². The van der Waals surface area contributed by atoms with Crippen LogP contribution in [0.5, 0.6) is 0 Å². The molecule has 5 nitrogen and oxygen atoms in total. The molecule has 1 aliphatic rings. The molecule has 3 rings (SSSR count). The summed E-state index contributed by atoms with van der Waals surface area (Å²) in [6, 6.07) is 5.78. The fraction of sp³-hybridized carbons (Fsp3) is 0.133. The predicted octanol–water partition coefficient (Wildman–Crippen LogP) is 3.32. The highest BCUT2D eigenvalue weighted by Crippen LogP contribution is 2.35. The normalized spacial score (nSPS) is 14.8. The number of thiophene rings is 1. The Morgan fingerprint density at radius 1 is 1.45 bits per heavy atom. The van der Waals surface area contributed by atoms with E-state index in [0.717, 1.165) is 4.88 Å². The second-order valence-corrected chi connectivity index (χ2v) is 6.90. The van der Waals surface area contributed by atoms with Crippen molar-refractivity contribution in [2.45, 2.75) is 11.1 Å². The molecule has 0 fully saturated rings. The van der Waals surface area contributed by atoms with E-state index in [9.17, 15) is 9.59 Å². The van der Waals surface area contributed by atoms with E-state index in [0.29, 0.717) is 22.6 Å². The molecule has 0 aliphatic carbocycles. The Bertz CT molecular complexity index is 796. The van der Waals surface area contributed by atoms with E-state index in [1.54, 1.807) is 29.2 Å². The minimum Gasteiger partial charge on any atom is -0.325 e. The summed E-state index contributed by atoms with van der Waals surface area (Å²) in [5.74, 6) is 0.168. The van der Waals surface area contributed by atoms with Crippen molar-refractivity contribution in [3.8, 4) is 0 Å². The number of rotatable bonds is 3. The van der Waals surface area contributed by atoms with E-state index in [1.165, 1.54) is 17.3 Å². The van der Waals surface area contributed by atoms with Crippen LogP contribution in [0.15, 0.2) is 28.6 Å². The average molecular weight is 331 g/mol. The Kier molecular flexibility index (Phi) is 4.00. The number of nitrogens with one attached hydrogen (secondary N) is 2. The number of anilines is 2. The van der Waals surface area contributed by atoms with Gasteiger partial charge < -0.3 is 10.6 Å². The minimum absolute atomic E-state index is 0.174. The number of fused-ring (bicyclic) bond motifs is 1. The summed E-state index contributed by atoms with van der Waals surface area (Å²) in [7, 11) is 0. The number of hydrogen-bond acceptors (Lipinski definition) is 5. The third kappa shape index (κ3) is 2.90. The quantitative estimate of drug-likeness (QED) is 0.668. The molecule has 3 heterocycles. The fourth-order valence-corrected chi connectivity index (χ4v) is 3.65. The summed E-state index contributed by atoms with van der Waals surface area (Å²) >= 11 is 3.30. The molecule has 22 heavy (non-hydrogen) atoms. The third-order valence-electron chi connectivity index (χ3n) is 3.06. The van der Waals surface area contributed by atoms with Gasteiger partial charge in [0.05, 0.1) is 21.7 Å². The highest BCUT2D eigenvalue weighted by molar-refractivity contribution is 8.00. The second kappa shape index (κ2) is 5.94. The van der Waals surface area contributed by atoms with Gasteiger partial charge in [-0.15, -0.1) is 23.1 Å².